The summed E-state index contributed by atoms with van der Waals surface area (Å²) in [5.74, 6) is -1.60. The molecule has 1 atom stereocenters. The average Bonchev–Trinajstić information content (AvgIpc) is 3.10. The summed E-state index contributed by atoms with van der Waals surface area (Å²) in [7, 11) is 0. The normalized spacial score (nSPS) is 16.6. The molecule has 8 heteroatoms. The van der Waals surface area contributed by atoms with Gasteiger partial charge < -0.3 is 25.6 Å². The molecule has 8 nitrogen and oxygen atoms in total. The highest BCUT2D eigenvalue weighted by molar-refractivity contribution is 5.84. The van der Waals surface area contributed by atoms with Gasteiger partial charge in [-0.3, -0.25) is 4.79 Å². The third-order valence-corrected chi connectivity index (χ3v) is 6.70. The minimum Gasteiger partial charge on any atom is -0.479 e. The van der Waals surface area contributed by atoms with Gasteiger partial charge in [-0.05, 0) is 35.1 Å². The lowest BCUT2D eigenvalue weighted by atomic mass is 9.68. The van der Waals surface area contributed by atoms with Crippen LogP contribution in [0.15, 0.2) is 48.5 Å². The molecule has 174 valence electrons. The first-order valence-corrected chi connectivity index (χ1v) is 11.2. The van der Waals surface area contributed by atoms with Gasteiger partial charge in [0, 0.05) is 25.4 Å². The number of carbonyl (C=O) groups excluding carboxylic acids is 2. The first-order valence-electron chi connectivity index (χ1n) is 11.2. The number of ether oxygens (including phenoxy) is 1. The average molecular weight is 453 g/mol. The zero-order valence-electron chi connectivity index (χ0n) is 18.3. The van der Waals surface area contributed by atoms with Gasteiger partial charge in [-0.25, -0.2) is 9.59 Å². The summed E-state index contributed by atoms with van der Waals surface area (Å²) >= 11 is 0. The molecule has 2 amide bonds. The number of nitrogens with one attached hydrogen (secondary N) is 2. The fourth-order valence-electron chi connectivity index (χ4n) is 4.61. The second-order valence-electron chi connectivity index (χ2n) is 8.71. The van der Waals surface area contributed by atoms with Crippen molar-refractivity contribution in [2.45, 2.75) is 37.7 Å². The number of aliphatic carboxylic acids is 1. The summed E-state index contributed by atoms with van der Waals surface area (Å²) in [5.41, 5.74) is 3.84. The number of carboxylic acids is 1. The molecule has 2 aliphatic carbocycles. The summed E-state index contributed by atoms with van der Waals surface area (Å²) in [4.78, 5) is 35.8. The van der Waals surface area contributed by atoms with Gasteiger partial charge in [-0.2, -0.15) is 0 Å². The maximum absolute atomic E-state index is 12.6. The molecule has 0 aromatic heterocycles. The molecule has 0 aliphatic heterocycles. The van der Waals surface area contributed by atoms with Crippen molar-refractivity contribution in [2.75, 3.05) is 19.7 Å². The monoisotopic (exact) mass is 452 g/mol. The van der Waals surface area contributed by atoms with Crippen LogP contribution in [-0.4, -0.2) is 54.0 Å². The van der Waals surface area contributed by atoms with Gasteiger partial charge in [-0.15, -0.1) is 0 Å². The number of fused-ring (bicyclic) bond motifs is 3. The molecular weight excluding hydrogens is 424 g/mol. The number of benzene rings is 2. The van der Waals surface area contributed by atoms with E-state index in [-0.39, 0.29) is 37.9 Å². The topological polar surface area (TPSA) is 125 Å². The molecule has 0 spiro atoms. The van der Waals surface area contributed by atoms with Crippen molar-refractivity contribution in [2.24, 2.45) is 5.41 Å². The number of aliphatic hydroxyl groups is 1. The van der Waals surface area contributed by atoms with Gasteiger partial charge in [0.2, 0.25) is 5.91 Å². The van der Waals surface area contributed by atoms with E-state index in [4.69, 9.17) is 9.84 Å². The van der Waals surface area contributed by atoms with Gasteiger partial charge in [0.25, 0.3) is 0 Å². The highest BCUT2D eigenvalue weighted by atomic mass is 16.5. The minimum atomic E-state index is -1.51. The maximum atomic E-state index is 12.6. The lowest BCUT2D eigenvalue weighted by Crippen LogP contribution is -2.52. The van der Waals surface area contributed by atoms with Crippen LogP contribution in [0.2, 0.25) is 0 Å². The SMILES string of the molecule is O=C(NCC1(C(=O)NCC[C@H](O)C(=O)O)CCC1)OCC1c2ccccc2-c2ccccc21. The van der Waals surface area contributed by atoms with E-state index in [9.17, 15) is 19.5 Å². The third kappa shape index (κ3) is 4.71. The highest BCUT2D eigenvalue weighted by Gasteiger charge is 2.44. The van der Waals surface area contributed by atoms with Crippen molar-refractivity contribution < 1.29 is 29.3 Å². The van der Waals surface area contributed by atoms with Crippen LogP contribution in [0.4, 0.5) is 4.79 Å². The van der Waals surface area contributed by atoms with E-state index in [2.05, 4.69) is 34.9 Å². The van der Waals surface area contributed by atoms with Crippen LogP contribution in [0, 0.1) is 5.41 Å². The number of amides is 2. The number of carbonyl (C=O) groups is 3. The largest absolute Gasteiger partial charge is 0.479 e. The lowest BCUT2D eigenvalue weighted by Gasteiger charge is -2.40. The molecule has 2 aliphatic rings. The van der Waals surface area contributed by atoms with Gasteiger partial charge in [0.15, 0.2) is 6.10 Å². The quantitative estimate of drug-likeness (QED) is 0.464. The Labute approximate surface area is 192 Å². The Kier molecular flexibility index (Phi) is 6.65. The predicted octanol–water partition coefficient (Wildman–Crippen LogP) is 2.65. The number of carboxylic acid groups (broad SMARTS) is 1. The maximum Gasteiger partial charge on any atom is 0.407 e. The Morgan fingerprint density at radius 3 is 2.15 bits per heavy atom. The molecule has 0 bridgehead atoms. The Balaban J connectivity index is 1.29. The second kappa shape index (κ2) is 9.62. The number of alkyl carbamates (subject to hydrolysis) is 1. The van der Waals surface area contributed by atoms with Gasteiger partial charge >= 0.3 is 12.1 Å². The lowest BCUT2D eigenvalue weighted by molar-refractivity contribution is -0.147. The molecule has 2 aromatic carbocycles. The molecule has 4 N–H and O–H groups in total. The van der Waals surface area contributed by atoms with Gasteiger partial charge in [-0.1, -0.05) is 55.0 Å². The smallest absolute Gasteiger partial charge is 0.407 e. The van der Waals surface area contributed by atoms with Crippen LogP contribution in [0.3, 0.4) is 0 Å². The van der Waals surface area contributed by atoms with E-state index in [0.29, 0.717) is 12.8 Å². The molecule has 0 heterocycles. The van der Waals surface area contributed by atoms with Crippen LogP contribution in [0.1, 0.15) is 42.7 Å². The van der Waals surface area contributed by atoms with Gasteiger partial charge in [0.1, 0.15) is 6.61 Å². The van der Waals surface area contributed by atoms with E-state index in [0.717, 1.165) is 28.7 Å². The minimum absolute atomic E-state index is 0.0372. The van der Waals surface area contributed by atoms with Crippen LogP contribution in [-0.2, 0) is 14.3 Å². The first-order chi connectivity index (χ1) is 15.9. The molecular formula is C25H28N2O6. The molecule has 4 rings (SSSR count). The molecule has 33 heavy (non-hydrogen) atoms. The number of rotatable bonds is 9. The fourth-order valence-corrected chi connectivity index (χ4v) is 4.61. The number of hydrogen-bond donors (Lipinski definition) is 4. The van der Waals surface area contributed by atoms with E-state index >= 15 is 0 Å². The Bertz CT molecular complexity index is 1000. The first kappa shape index (κ1) is 22.8. The van der Waals surface area contributed by atoms with Crippen LogP contribution in [0.25, 0.3) is 11.1 Å². The number of aliphatic hydroxyl groups excluding tert-OH is 1. The zero-order chi connectivity index (χ0) is 23.4. The van der Waals surface area contributed by atoms with Crippen LogP contribution in [0.5, 0.6) is 0 Å². The Morgan fingerprint density at radius 1 is 1.00 bits per heavy atom. The van der Waals surface area contributed by atoms with E-state index < -0.39 is 23.6 Å². The van der Waals surface area contributed by atoms with Crippen molar-refractivity contribution in [1.82, 2.24) is 10.6 Å². The standard InChI is InChI=1S/C25H28N2O6/c28-21(22(29)30)10-13-26-23(31)25(11-5-12-25)15-27-24(32)33-14-20-18-8-3-1-6-16(18)17-7-2-4-9-19(17)20/h1-4,6-9,20-21,28H,5,10-15H2,(H,26,31)(H,27,32)(H,29,30)/t21-/m0/s1. The molecule has 0 radical (unpaired) electrons. The number of hydrogen-bond acceptors (Lipinski definition) is 5. The van der Waals surface area contributed by atoms with Crippen molar-refractivity contribution >= 4 is 18.0 Å². The molecule has 0 unspecified atom stereocenters. The van der Waals surface area contributed by atoms with Crippen molar-refractivity contribution in [3.63, 3.8) is 0 Å². The summed E-state index contributed by atoms with van der Waals surface area (Å²) in [6.45, 7) is 0.405. The van der Waals surface area contributed by atoms with E-state index in [1.165, 1.54) is 0 Å². The predicted molar refractivity (Wildman–Crippen MR) is 121 cm³/mol. The fraction of sp³-hybridized carbons (Fsp3) is 0.400. The van der Waals surface area contributed by atoms with E-state index in [1.54, 1.807) is 0 Å². The molecule has 2 aromatic rings. The Hall–Kier alpha value is -3.39. The summed E-state index contributed by atoms with van der Waals surface area (Å²) in [5, 5.41) is 23.5. The summed E-state index contributed by atoms with van der Waals surface area (Å²) < 4.78 is 5.54. The van der Waals surface area contributed by atoms with E-state index in [1.807, 2.05) is 24.3 Å². The third-order valence-electron chi connectivity index (χ3n) is 6.70. The van der Waals surface area contributed by atoms with Crippen molar-refractivity contribution in [3.8, 4) is 11.1 Å². The van der Waals surface area contributed by atoms with Gasteiger partial charge in [0.05, 0.1) is 5.41 Å². The summed E-state index contributed by atoms with van der Waals surface area (Å²) in [6.07, 6.45) is -0.0264. The second-order valence-corrected chi connectivity index (χ2v) is 8.71. The van der Waals surface area contributed by atoms with Crippen molar-refractivity contribution in [1.29, 1.82) is 0 Å². The summed E-state index contributed by atoms with van der Waals surface area (Å²) in [6, 6.07) is 16.2. The molecule has 1 saturated carbocycles. The zero-order valence-corrected chi connectivity index (χ0v) is 18.3. The van der Waals surface area contributed by atoms with Crippen LogP contribution < -0.4 is 10.6 Å². The molecule has 0 saturated heterocycles. The highest BCUT2D eigenvalue weighted by Crippen LogP contribution is 2.44. The Morgan fingerprint density at radius 2 is 1.61 bits per heavy atom. The van der Waals surface area contributed by atoms with Crippen molar-refractivity contribution in [3.05, 3.63) is 59.7 Å². The molecule has 1 fully saturated rings. The van der Waals surface area contributed by atoms with Crippen LogP contribution >= 0.6 is 0 Å².